The molecule has 0 N–H and O–H groups in total. The van der Waals surface area contributed by atoms with Gasteiger partial charge < -0.3 is 9.80 Å². The fourth-order valence-corrected chi connectivity index (χ4v) is 4.02. The SMILES string of the molecule is Cc1nccn1-c1cc(N2CCN(C(=O)c3ccc4nsnc4c3)CC2)ncn1. The maximum atomic E-state index is 12.9. The Hall–Kier alpha value is -3.40. The molecule has 146 valence electrons. The van der Waals surface area contributed by atoms with Crippen LogP contribution in [0.2, 0.25) is 0 Å². The highest BCUT2D eigenvalue weighted by Crippen LogP contribution is 2.19. The van der Waals surface area contributed by atoms with Crippen molar-refractivity contribution in [3.63, 3.8) is 0 Å². The predicted molar refractivity (Wildman–Crippen MR) is 109 cm³/mol. The molecule has 1 fully saturated rings. The minimum absolute atomic E-state index is 0.0250. The molecular formula is C19H18N8OS. The minimum atomic E-state index is 0.0250. The Morgan fingerprint density at radius 1 is 0.966 bits per heavy atom. The van der Waals surface area contributed by atoms with Crippen molar-refractivity contribution in [3.05, 3.63) is 54.4 Å². The first kappa shape index (κ1) is 17.7. The normalized spacial score (nSPS) is 14.5. The molecule has 0 spiro atoms. The first-order chi connectivity index (χ1) is 14.2. The lowest BCUT2D eigenvalue weighted by Gasteiger charge is -2.35. The molecule has 4 heterocycles. The number of amides is 1. The molecule has 0 aliphatic carbocycles. The molecule has 3 aromatic heterocycles. The highest BCUT2D eigenvalue weighted by Gasteiger charge is 2.23. The average Bonchev–Trinajstić information content (AvgIpc) is 3.41. The minimum Gasteiger partial charge on any atom is -0.353 e. The van der Waals surface area contributed by atoms with Crippen LogP contribution in [0.25, 0.3) is 16.9 Å². The fraction of sp³-hybridized carbons (Fsp3) is 0.263. The van der Waals surface area contributed by atoms with Crippen molar-refractivity contribution in [2.24, 2.45) is 0 Å². The van der Waals surface area contributed by atoms with E-state index in [0.29, 0.717) is 31.7 Å². The number of benzene rings is 1. The van der Waals surface area contributed by atoms with E-state index in [4.69, 9.17) is 0 Å². The number of piperazine rings is 1. The molecule has 1 amide bonds. The van der Waals surface area contributed by atoms with Gasteiger partial charge in [-0.1, -0.05) is 0 Å². The van der Waals surface area contributed by atoms with E-state index in [1.165, 1.54) is 0 Å². The standard InChI is InChI=1S/C19H18N8OS/c1-13-20-4-5-27(13)18-11-17(21-12-22-18)25-6-8-26(9-7-25)19(28)14-2-3-15-16(10-14)24-29-23-15/h2-5,10-12H,6-9H2,1H3. The van der Waals surface area contributed by atoms with Gasteiger partial charge in [0.15, 0.2) is 0 Å². The Morgan fingerprint density at radius 3 is 2.55 bits per heavy atom. The van der Waals surface area contributed by atoms with E-state index in [1.54, 1.807) is 12.5 Å². The maximum absolute atomic E-state index is 12.9. The van der Waals surface area contributed by atoms with E-state index >= 15 is 0 Å². The molecule has 1 aliphatic heterocycles. The maximum Gasteiger partial charge on any atom is 0.254 e. The molecule has 4 aromatic rings. The van der Waals surface area contributed by atoms with Crippen molar-refractivity contribution in [2.45, 2.75) is 6.92 Å². The number of carbonyl (C=O) groups excluding carboxylic acids is 1. The van der Waals surface area contributed by atoms with Crippen LogP contribution in [-0.4, -0.2) is 65.3 Å². The van der Waals surface area contributed by atoms with Crippen LogP contribution in [0.1, 0.15) is 16.2 Å². The second-order valence-electron chi connectivity index (χ2n) is 6.83. The van der Waals surface area contributed by atoms with Gasteiger partial charge in [0.05, 0.1) is 11.7 Å². The van der Waals surface area contributed by atoms with E-state index in [-0.39, 0.29) is 5.91 Å². The summed E-state index contributed by atoms with van der Waals surface area (Å²) in [5.74, 6) is 2.54. The molecule has 5 rings (SSSR count). The summed E-state index contributed by atoms with van der Waals surface area (Å²) in [6, 6.07) is 7.44. The van der Waals surface area contributed by atoms with E-state index in [2.05, 4.69) is 28.6 Å². The molecule has 0 atom stereocenters. The number of aryl methyl sites for hydroxylation is 1. The lowest BCUT2D eigenvalue weighted by atomic mass is 10.1. The number of anilines is 1. The number of carbonyl (C=O) groups is 1. The van der Waals surface area contributed by atoms with Crippen LogP contribution in [0, 0.1) is 6.92 Å². The first-order valence-corrected chi connectivity index (χ1v) is 10.0. The van der Waals surface area contributed by atoms with Crippen molar-refractivity contribution in [2.75, 3.05) is 31.1 Å². The van der Waals surface area contributed by atoms with Crippen molar-refractivity contribution in [1.29, 1.82) is 0 Å². The van der Waals surface area contributed by atoms with Crippen LogP contribution in [0.15, 0.2) is 43.0 Å². The van der Waals surface area contributed by atoms with Crippen LogP contribution in [0.4, 0.5) is 5.82 Å². The molecule has 9 nitrogen and oxygen atoms in total. The predicted octanol–water partition coefficient (Wildman–Crippen LogP) is 1.94. The monoisotopic (exact) mass is 406 g/mol. The third-order valence-corrected chi connectivity index (χ3v) is 5.66. The third-order valence-electron chi connectivity index (χ3n) is 5.10. The quantitative estimate of drug-likeness (QED) is 0.513. The summed E-state index contributed by atoms with van der Waals surface area (Å²) in [6.45, 7) is 4.63. The molecule has 1 aliphatic rings. The van der Waals surface area contributed by atoms with Gasteiger partial charge in [0, 0.05) is 50.2 Å². The van der Waals surface area contributed by atoms with Crippen LogP contribution in [0.5, 0.6) is 0 Å². The van der Waals surface area contributed by atoms with E-state index < -0.39 is 0 Å². The summed E-state index contributed by atoms with van der Waals surface area (Å²) in [5.41, 5.74) is 2.24. The van der Waals surface area contributed by atoms with Crippen LogP contribution in [-0.2, 0) is 0 Å². The Labute approximate surface area is 171 Å². The van der Waals surface area contributed by atoms with Gasteiger partial charge in [0.1, 0.15) is 34.8 Å². The van der Waals surface area contributed by atoms with Gasteiger partial charge >= 0.3 is 0 Å². The second kappa shape index (κ2) is 7.21. The second-order valence-corrected chi connectivity index (χ2v) is 7.35. The van der Waals surface area contributed by atoms with E-state index in [0.717, 1.165) is 40.2 Å². The van der Waals surface area contributed by atoms with Gasteiger partial charge in [-0.3, -0.25) is 9.36 Å². The Kier molecular flexibility index (Phi) is 4.39. The highest BCUT2D eigenvalue weighted by atomic mass is 32.1. The Bertz CT molecular complexity index is 1180. The zero-order chi connectivity index (χ0) is 19.8. The largest absolute Gasteiger partial charge is 0.353 e. The van der Waals surface area contributed by atoms with Gasteiger partial charge in [-0.2, -0.15) is 8.75 Å². The molecule has 29 heavy (non-hydrogen) atoms. The molecule has 0 bridgehead atoms. The molecule has 0 radical (unpaired) electrons. The lowest BCUT2D eigenvalue weighted by Crippen LogP contribution is -2.49. The molecule has 0 unspecified atom stereocenters. The van der Waals surface area contributed by atoms with Gasteiger partial charge in [0.25, 0.3) is 5.91 Å². The number of fused-ring (bicyclic) bond motifs is 1. The van der Waals surface area contributed by atoms with Crippen molar-refractivity contribution < 1.29 is 4.79 Å². The third kappa shape index (κ3) is 3.31. The van der Waals surface area contributed by atoms with Crippen molar-refractivity contribution >= 4 is 34.5 Å². The summed E-state index contributed by atoms with van der Waals surface area (Å²) >= 11 is 1.16. The average molecular weight is 406 g/mol. The van der Waals surface area contributed by atoms with E-state index in [9.17, 15) is 4.79 Å². The smallest absolute Gasteiger partial charge is 0.254 e. The number of hydrogen-bond acceptors (Lipinski definition) is 8. The zero-order valence-electron chi connectivity index (χ0n) is 15.8. The molecule has 1 aromatic carbocycles. The topological polar surface area (TPSA) is 92.9 Å². The van der Waals surface area contributed by atoms with Crippen LogP contribution >= 0.6 is 11.7 Å². The number of aromatic nitrogens is 6. The lowest BCUT2D eigenvalue weighted by molar-refractivity contribution is 0.0746. The van der Waals surface area contributed by atoms with Gasteiger partial charge in [-0.25, -0.2) is 15.0 Å². The number of nitrogens with zero attached hydrogens (tertiary/aromatic N) is 8. The number of imidazole rings is 1. The number of rotatable bonds is 3. The Morgan fingerprint density at radius 2 is 1.76 bits per heavy atom. The van der Waals surface area contributed by atoms with Gasteiger partial charge in [-0.15, -0.1) is 0 Å². The van der Waals surface area contributed by atoms with Crippen molar-refractivity contribution in [3.8, 4) is 5.82 Å². The first-order valence-electron chi connectivity index (χ1n) is 9.28. The van der Waals surface area contributed by atoms with Crippen LogP contribution < -0.4 is 4.90 Å². The summed E-state index contributed by atoms with van der Waals surface area (Å²) in [4.78, 5) is 30.0. The molecule has 10 heteroatoms. The number of hydrogen-bond donors (Lipinski definition) is 0. The summed E-state index contributed by atoms with van der Waals surface area (Å²) in [7, 11) is 0. The molecule has 0 saturated carbocycles. The molecular weight excluding hydrogens is 388 g/mol. The zero-order valence-corrected chi connectivity index (χ0v) is 16.6. The van der Waals surface area contributed by atoms with Crippen molar-refractivity contribution in [1.82, 2.24) is 33.2 Å². The van der Waals surface area contributed by atoms with Gasteiger partial charge in [-0.05, 0) is 25.1 Å². The van der Waals surface area contributed by atoms with Gasteiger partial charge in [0.2, 0.25) is 0 Å². The molecule has 1 saturated heterocycles. The van der Waals surface area contributed by atoms with Crippen LogP contribution in [0.3, 0.4) is 0 Å². The summed E-state index contributed by atoms with van der Waals surface area (Å²) in [6.07, 6.45) is 5.20. The highest BCUT2D eigenvalue weighted by molar-refractivity contribution is 7.00. The summed E-state index contributed by atoms with van der Waals surface area (Å²) in [5, 5.41) is 0. The Balaban J connectivity index is 1.29. The summed E-state index contributed by atoms with van der Waals surface area (Å²) < 4.78 is 10.3. The van der Waals surface area contributed by atoms with E-state index in [1.807, 2.05) is 46.9 Å². The fourth-order valence-electron chi connectivity index (χ4n) is 3.50.